The van der Waals surface area contributed by atoms with Crippen molar-refractivity contribution in [2.45, 2.75) is 6.54 Å². The van der Waals surface area contributed by atoms with Gasteiger partial charge in [-0.3, -0.25) is 0 Å². The minimum atomic E-state index is -0.352. The summed E-state index contributed by atoms with van der Waals surface area (Å²) >= 11 is 5.65. The van der Waals surface area contributed by atoms with E-state index in [4.69, 9.17) is 11.6 Å². The molecule has 0 bridgehead atoms. The van der Waals surface area contributed by atoms with Crippen LogP contribution in [0.5, 0.6) is 0 Å². The van der Waals surface area contributed by atoms with Gasteiger partial charge in [0.15, 0.2) is 0 Å². The normalized spacial score (nSPS) is 10.4. The van der Waals surface area contributed by atoms with Crippen molar-refractivity contribution in [1.29, 1.82) is 0 Å². The Kier molecular flexibility index (Phi) is 3.00. The zero-order valence-electron chi connectivity index (χ0n) is 8.48. The molecule has 0 aliphatic heterocycles. The lowest BCUT2D eigenvalue weighted by Crippen LogP contribution is -2.06. The van der Waals surface area contributed by atoms with E-state index in [1.54, 1.807) is 19.2 Å². The van der Waals surface area contributed by atoms with Gasteiger partial charge in [-0.15, -0.1) is 0 Å². The molecule has 0 amide bonds. The first kappa shape index (κ1) is 10.8. The van der Waals surface area contributed by atoms with Gasteiger partial charge < -0.3 is 5.32 Å². The summed E-state index contributed by atoms with van der Waals surface area (Å²) in [6.45, 7) is 0.303. The topological polar surface area (TPSA) is 55.6 Å². The van der Waals surface area contributed by atoms with Gasteiger partial charge in [0.2, 0.25) is 5.95 Å². The lowest BCUT2D eigenvalue weighted by atomic mass is 10.2. The average Bonchev–Trinajstić information content (AvgIpc) is 2.63. The van der Waals surface area contributed by atoms with Crippen LogP contribution in [0.25, 0.3) is 0 Å². The number of aryl methyl sites for hydroxylation is 1. The number of anilines is 1. The van der Waals surface area contributed by atoms with E-state index in [0.717, 1.165) is 0 Å². The molecule has 0 aliphatic carbocycles. The van der Waals surface area contributed by atoms with Gasteiger partial charge >= 0.3 is 0 Å². The second-order valence-electron chi connectivity index (χ2n) is 3.22. The SMILES string of the molecule is Cn1nnnc1NCc1ccc(Cl)cc1F. The largest absolute Gasteiger partial charge is 0.349 e. The number of hydrogen-bond donors (Lipinski definition) is 1. The smallest absolute Gasteiger partial charge is 0.242 e. The number of nitrogens with zero attached hydrogens (tertiary/aromatic N) is 4. The summed E-state index contributed by atoms with van der Waals surface area (Å²) in [6.07, 6.45) is 0. The maximum atomic E-state index is 13.4. The van der Waals surface area contributed by atoms with E-state index in [9.17, 15) is 4.39 Å². The molecule has 2 rings (SSSR count). The molecule has 16 heavy (non-hydrogen) atoms. The number of nitrogens with one attached hydrogen (secondary N) is 1. The Morgan fingerprint density at radius 1 is 1.50 bits per heavy atom. The quantitative estimate of drug-likeness (QED) is 0.887. The highest BCUT2D eigenvalue weighted by atomic mass is 35.5. The molecule has 1 aromatic carbocycles. The van der Waals surface area contributed by atoms with E-state index in [-0.39, 0.29) is 5.82 Å². The molecule has 0 atom stereocenters. The Balaban J connectivity index is 2.08. The second kappa shape index (κ2) is 4.44. The van der Waals surface area contributed by atoms with Crippen molar-refractivity contribution in [3.05, 3.63) is 34.6 Å². The number of halogens is 2. The molecular weight excluding hydrogens is 233 g/mol. The third kappa shape index (κ3) is 2.27. The summed E-state index contributed by atoms with van der Waals surface area (Å²) in [6, 6.07) is 4.53. The second-order valence-corrected chi connectivity index (χ2v) is 3.65. The highest BCUT2D eigenvalue weighted by Gasteiger charge is 2.05. The Morgan fingerprint density at radius 2 is 2.31 bits per heavy atom. The third-order valence-corrected chi connectivity index (χ3v) is 2.31. The van der Waals surface area contributed by atoms with Gasteiger partial charge in [-0.05, 0) is 22.6 Å². The molecule has 5 nitrogen and oxygen atoms in total. The predicted octanol–water partition coefficient (Wildman–Crippen LogP) is 1.61. The lowest BCUT2D eigenvalue weighted by molar-refractivity contribution is 0.612. The van der Waals surface area contributed by atoms with Crippen LogP contribution in [0, 0.1) is 5.82 Å². The van der Waals surface area contributed by atoms with E-state index in [0.29, 0.717) is 23.1 Å². The summed E-state index contributed by atoms with van der Waals surface area (Å²) in [5, 5.41) is 14.1. The number of aromatic nitrogens is 4. The van der Waals surface area contributed by atoms with Crippen LogP contribution >= 0.6 is 11.6 Å². The van der Waals surface area contributed by atoms with Crippen LogP contribution < -0.4 is 5.32 Å². The summed E-state index contributed by atoms with van der Waals surface area (Å²) in [4.78, 5) is 0. The molecule has 1 N–H and O–H groups in total. The maximum Gasteiger partial charge on any atom is 0.242 e. The predicted molar refractivity (Wildman–Crippen MR) is 57.5 cm³/mol. The molecule has 0 aliphatic rings. The standard InChI is InChI=1S/C9H9ClFN5/c1-16-9(13-14-15-16)12-5-6-2-3-7(10)4-8(6)11/h2-4H,5H2,1H3,(H,12,13,15). The highest BCUT2D eigenvalue weighted by molar-refractivity contribution is 6.30. The van der Waals surface area contributed by atoms with Gasteiger partial charge in [-0.2, -0.15) is 0 Å². The van der Waals surface area contributed by atoms with Crippen LogP contribution in [0.4, 0.5) is 10.3 Å². The molecule has 0 saturated heterocycles. The fourth-order valence-corrected chi connectivity index (χ4v) is 1.38. The van der Waals surface area contributed by atoms with Crippen molar-refractivity contribution in [2.75, 3.05) is 5.32 Å². The first-order valence-corrected chi connectivity index (χ1v) is 4.95. The van der Waals surface area contributed by atoms with E-state index in [2.05, 4.69) is 20.8 Å². The van der Waals surface area contributed by atoms with Gasteiger partial charge in [0.1, 0.15) is 5.82 Å². The number of tetrazole rings is 1. The lowest BCUT2D eigenvalue weighted by Gasteiger charge is -2.05. The monoisotopic (exact) mass is 241 g/mol. The van der Waals surface area contributed by atoms with E-state index in [1.165, 1.54) is 10.7 Å². The number of rotatable bonds is 3. The van der Waals surface area contributed by atoms with Crippen molar-refractivity contribution in [2.24, 2.45) is 7.05 Å². The Labute approximate surface area is 96.2 Å². The van der Waals surface area contributed by atoms with Crippen molar-refractivity contribution in [3.63, 3.8) is 0 Å². The van der Waals surface area contributed by atoms with Gasteiger partial charge in [0.25, 0.3) is 0 Å². The molecular formula is C9H9ClFN5. The summed E-state index contributed by atoms with van der Waals surface area (Å²) in [7, 11) is 1.69. The molecule has 1 heterocycles. The molecule has 0 radical (unpaired) electrons. The van der Waals surface area contributed by atoms with Crippen LogP contribution in [0.2, 0.25) is 5.02 Å². The van der Waals surface area contributed by atoms with E-state index < -0.39 is 0 Å². The summed E-state index contributed by atoms with van der Waals surface area (Å²) in [5.41, 5.74) is 0.507. The van der Waals surface area contributed by atoms with Gasteiger partial charge in [0, 0.05) is 24.2 Å². The molecule has 1 aromatic heterocycles. The first-order chi connectivity index (χ1) is 7.66. The molecule has 84 valence electrons. The highest BCUT2D eigenvalue weighted by Crippen LogP contribution is 2.15. The Hall–Kier alpha value is -1.69. The maximum absolute atomic E-state index is 13.4. The van der Waals surface area contributed by atoms with Gasteiger partial charge in [-0.25, -0.2) is 9.07 Å². The van der Waals surface area contributed by atoms with Crippen LogP contribution in [-0.2, 0) is 13.6 Å². The zero-order chi connectivity index (χ0) is 11.5. The molecule has 0 saturated carbocycles. The Bertz CT molecular complexity index is 498. The van der Waals surface area contributed by atoms with E-state index >= 15 is 0 Å². The zero-order valence-corrected chi connectivity index (χ0v) is 9.24. The molecule has 2 aromatic rings. The van der Waals surface area contributed by atoms with Gasteiger partial charge in [-0.1, -0.05) is 22.8 Å². The van der Waals surface area contributed by atoms with Crippen LogP contribution in [0.3, 0.4) is 0 Å². The van der Waals surface area contributed by atoms with Crippen molar-refractivity contribution < 1.29 is 4.39 Å². The fraction of sp³-hybridized carbons (Fsp3) is 0.222. The van der Waals surface area contributed by atoms with Crippen LogP contribution in [0.15, 0.2) is 18.2 Å². The average molecular weight is 242 g/mol. The first-order valence-electron chi connectivity index (χ1n) is 4.57. The van der Waals surface area contributed by atoms with Gasteiger partial charge in [0.05, 0.1) is 0 Å². The third-order valence-electron chi connectivity index (χ3n) is 2.07. The Morgan fingerprint density at radius 3 is 2.94 bits per heavy atom. The van der Waals surface area contributed by atoms with Crippen molar-refractivity contribution in [1.82, 2.24) is 20.2 Å². The van der Waals surface area contributed by atoms with Crippen molar-refractivity contribution >= 4 is 17.5 Å². The molecule has 0 fully saturated rings. The number of benzene rings is 1. The fourth-order valence-electron chi connectivity index (χ4n) is 1.22. The molecule has 0 unspecified atom stereocenters. The van der Waals surface area contributed by atoms with Crippen LogP contribution in [0.1, 0.15) is 5.56 Å². The van der Waals surface area contributed by atoms with Crippen molar-refractivity contribution in [3.8, 4) is 0 Å². The summed E-state index contributed by atoms with van der Waals surface area (Å²) in [5.74, 6) is 0.129. The number of hydrogen-bond acceptors (Lipinski definition) is 4. The summed E-state index contributed by atoms with van der Waals surface area (Å²) < 4.78 is 14.9. The molecule has 7 heteroatoms. The van der Waals surface area contributed by atoms with Crippen LogP contribution in [-0.4, -0.2) is 20.2 Å². The minimum absolute atomic E-state index is 0.303. The minimum Gasteiger partial charge on any atom is -0.349 e. The van der Waals surface area contributed by atoms with E-state index in [1.807, 2.05) is 0 Å². The molecule has 0 spiro atoms.